The molecule has 3 heterocycles. The van der Waals surface area contributed by atoms with Crippen LogP contribution in [-0.4, -0.2) is 46.1 Å². The van der Waals surface area contributed by atoms with Crippen molar-refractivity contribution in [2.24, 2.45) is 11.7 Å². The Morgan fingerprint density at radius 3 is 2.74 bits per heavy atom. The number of H-pyrrole nitrogens is 1. The van der Waals surface area contributed by atoms with Crippen molar-refractivity contribution in [2.75, 3.05) is 13.1 Å². The lowest BCUT2D eigenvalue weighted by molar-refractivity contribution is -0.171. The van der Waals surface area contributed by atoms with Crippen LogP contribution in [0.3, 0.4) is 0 Å². The molecule has 178 valence electrons. The largest absolute Gasteiger partial charge is 0.412 e. The summed E-state index contributed by atoms with van der Waals surface area (Å²) in [7, 11) is 0. The molecule has 10 heteroatoms. The summed E-state index contributed by atoms with van der Waals surface area (Å²) < 4.78 is 54.0. The third kappa shape index (κ3) is 4.12. The van der Waals surface area contributed by atoms with Gasteiger partial charge in [-0.15, -0.1) is 0 Å². The van der Waals surface area contributed by atoms with Crippen molar-refractivity contribution in [3.8, 4) is 17.2 Å². The fourth-order valence-electron chi connectivity index (χ4n) is 4.88. The number of nitrogens with one attached hydrogen (secondary N) is 1. The fourth-order valence-corrected chi connectivity index (χ4v) is 4.88. The van der Waals surface area contributed by atoms with Crippen LogP contribution in [0, 0.1) is 30.0 Å². The Labute approximate surface area is 193 Å². The van der Waals surface area contributed by atoms with Gasteiger partial charge in [0.25, 0.3) is 0 Å². The molecule has 34 heavy (non-hydrogen) atoms. The second-order valence-corrected chi connectivity index (χ2v) is 8.76. The number of nitrogens with zero attached hydrogens (tertiary/aromatic N) is 3. The van der Waals surface area contributed by atoms with E-state index in [4.69, 9.17) is 5.73 Å². The Hall–Kier alpha value is -3.45. The first-order valence-corrected chi connectivity index (χ1v) is 10.8. The Kier molecular flexibility index (Phi) is 6.08. The fraction of sp³-hybridized carbons (Fsp3) is 0.375. The minimum absolute atomic E-state index is 0.0633. The summed E-state index contributed by atoms with van der Waals surface area (Å²) in [6, 6.07) is 4.53. The number of halogens is 4. The van der Waals surface area contributed by atoms with Crippen LogP contribution in [-0.2, 0) is 4.79 Å². The number of nitrogens with two attached hydrogens (primary N) is 1. The molecule has 1 aliphatic rings. The van der Waals surface area contributed by atoms with E-state index in [0.29, 0.717) is 45.3 Å². The van der Waals surface area contributed by atoms with Gasteiger partial charge in [-0.3, -0.25) is 4.79 Å². The number of hydrogen-bond acceptors (Lipinski definition) is 4. The third-order valence-corrected chi connectivity index (χ3v) is 6.55. The second kappa shape index (κ2) is 8.72. The predicted molar refractivity (Wildman–Crippen MR) is 118 cm³/mol. The number of rotatable bonds is 3. The average Bonchev–Trinajstić information content (AvgIpc) is 3.21. The number of benzene rings is 1. The van der Waals surface area contributed by atoms with E-state index in [2.05, 4.69) is 16.0 Å². The molecule has 1 fully saturated rings. The highest BCUT2D eigenvalue weighted by molar-refractivity contribution is 5.97. The van der Waals surface area contributed by atoms with Gasteiger partial charge in [0.2, 0.25) is 5.91 Å². The van der Waals surface area contributed by atoms with E-state index >= 15 is 4.39 Å². The van der Waals surface area contributed by atoms with Crippen LogP contribution >= 0.6 is 0 Å². The molecule has 3 aromatic rings. The monoisotopic (exact) mass is 473 g/mol. The van der Waals surface area contributed by atoms with Gasteiger partial charge in [-0.1, -0.05) is 13.0 Å². The number of nitriles is 1. The maximum atomic E-state index is 15.5. The van der Waals surface area contributed by atoms with Crippen molar-refractivity contribution in [3.05, 3.63) is 53.1 Å². The summed E-state index contributed by atoms with van der Waals surface area (Å²) in [6.07, 6.45) is -1.35. The summed E-state index contributed by atoms with van der Waals surface area (Å²) in [4.78, 5) is 20.5. The number of fused-ring (bicyclic) bond motifs is 1. The zero-order chi connectivity index (χ0) is 24.8. The molecule has 3 unspecified atom stereocenters. The van der Waals surface area contributed by atoms with Gasteiger partial charge in [0.05, 0.1) is 5.56 Å². The molecule has 1 aromatic carbocycles. The third-order valence-electron chi connectivity index (χ3n) is 6.55. The maximum Gasteiger partial charge on any atom is 0.412 e. The summed E-state index contributed by atoms with van der Waals surface area (Å²) in [6.45, 7) is 3.71. The first kappa shape index (κ1) is 23.7. The quantitative estimate of drug-likeness (QED) is 0.551. The van der Waals surface area contributed by atoms with Gasteiger partial charge in [-0.25, -0.2) is 9.37 Å². The molecule has 0 aliphatic carbocycles. The van der Waals surface area contributed by atoms with Crippen molar-refractivity contribution < 1.29 is 22.4 Å². The number of likely N-dealkylation sites (tertiary alicyclic amines) is 1. The SMILES string of the molecule is Cc1cc(-c2ccnc3[nH]cc(C#N)c23)cc(F)c1C1CCN(C(=O)C(N)C(F)(F)F)CC1C. The van der Waals surface area contributed by atoms with E-state index in [1.807, 2.05) is 6.07 Å². The number of carbonyl (C=O) groups is 1. The summed E-state index contributed by atoms with van der Waals surface area (Å²) in [5.41, 5.74) is 8.47. The van der Waals surface area contributed by atoms with Crippen LogP contribution in [0.15, 0.2) is 30.6 Å². The molecule has 6 nitrogen and oxygen atoms in total. The molecule has 0 spiro atoms. The highest BCUT2D eigenvalue weighted by atomic mass is 19.4. The highest BCUT2D eigenvalue weighted by Gasteiger charge is 2.45. The van der Waals surface area contributed by atoms with Gasteiger partial charge in [0, 0.05) is 30.9 Å². The molecule has 0 bridgehead atoms. The zero-order valence-electron chi connectivity index (χ0n) is 18.6. The number of aryl methyl sites for hydroxylation is 1. The number of hydrogen-bond donors (Lipinski definition) is 2. The predicted octanol–water partition coefficient (Wildman–Crippen LogP) is 4.39. The minimum Gasteiger partial charge on any atom is -0.345 e. The number of alkyl halides is 3. The zero-order valence-corrected chi connectivity index (χ0v) is 18.6. The number of piperidine rings is 1. The van der Waals surface area contributed by atoms with Crippen molar-refractivity contribution in [3.63, 3.8) is 0 Å². The van der Waals surface area contributed by atoms with Gasteiger partial charge < -0.3 is 15.6 Å². The van der Waals surface area contributed by atoms with Gasteiger partial charge in [0.15, 0.2) is 6.04 Å². The van der Waals surface area contributed by atoms with E-state index in [0.717, 1.165) is 4.90 Å². The van der Waals surface area contributed by atoms with Crippen LogP contribution in [0.2, 0.25) is 0 Å². The number of aromatic amines is 1. The lowest BCUT2D eigenvalue weighted by Gasteiger charge is -2.39. The number of amides is 1. The van der Waals surface area contributed by atoms with Crippen LogP contribution in [0.1, 0.15) is 36.0 Å². The molecule has 0 radical (unpaired) electrons. The molecular formula is C24H23F4N5O. The average molecular weight is 473 g/mol. The van der Waals surface area contributed by atoms with E-state index < -0.39 is 23.9 Å². The molecule has 1 aliphatic heterocycles. The Morgan fingerprint density at radius 1 is 1.38 bits per heavy atom. The van der Waals surface area contributed by atoms with Gasteiger partial charge in [-0.2, -0.15) is 18.4 Å². The van der Waals surface area contributed by atoms with E-state index in [1.54, 1.807) is 32.3 Å². The smallest absolute Gasteiger partial charge is 0.345 e. The van der Waals surface area contributed by atoms with Crippen molar-refractivity contribution >= 4 is 16.9 Å². The molecule has 2 aromatic heterocycles. The van der Waals surface area contributed by atoms with Crippen molar-refractivity contribution in [1.29, 1.82) is 5.26 Å². The molecule has 4 rings (SSSR count). The van der Waals surface area contributed by atoms with Gasteiger partial charge >= 0.3 is 6.18 Å². The first-order valence-electron chi connectivity index (χ1n) is 10.8. The molecule has 1 amide bonds. The highest BCUT2D eigenvalue weighted by Crippen LogP contribution is 2.39. The van der Waals surface area contributed by atoms with Gasteiger partial charge in [0.1, 0.15) is 17.5 Å². The van der Waals surface area contributed by atoms with Crippen LogP contribution < -0.4 is 5.73 Å². The van der Waals surface area contributed by atoms with E-state index in [1.165, 1.54) is 6.07 Å². The molecule has 0 saturated carbocycles. The topological polar surface area (TPSA) is 98.8 Å². The lowest BCUT2D eigenvalue weighted by Crippen LogP contribution is -2.54. The Balaban J connectivity index is 1.63. The number of pyridine rings is 1. The standard InChI is InChI=1S/C24H23F4N5O/c1-12-7-14(17-3-5-31-22-20(17)15(9-29)10-32-22)8-18(25)19(12)16-4-6-33(11-13(16)2)23(34)21(30)24(26,27)28/h3,5,7-8,10,13,16,21H,4,6,11,30H2,1-2H3,(H,31,32). The van der Waals surface area contributed by atoms with Crippen LogP contribution in [0.4, 0.5) is 17.6 Å². The summed E-state index contributed by atoms with van der Waals surface area (Å²) in [5.74, 6) is -2.12. The second-order valence-electron chi connectivity index (χ2n) is 8.76. The molecule has 3 atom stereocenters. The van der Waals surface area contributed by atoms with Gasteiger partial charge in [-0.05, 0) is 59.6 Å². The molecular weight excluding hydrogens is 450 g/mol. The maximum absolute atomic E-state index is 15.5. The Bertz CT molecular complexity index is 1270. The van der Waals surface area contributed by atoms with Crippen LogP contribution in [0.25, 0.3) is 22.2 Å². The normalized spacial score (nSPS) is 19.8. The number of aromatic nitrogens is 2. The lowest BCUT2D eigenvalue weighted by atomic mass is 9.78. The van der Waals surface area contributed by atoms with Crippen molar-refractivity contribution in [2.45, 2.75) is 38.4 Å². The van der Waals surface area contributed by atoms with E-state index in [9.17, 15) is 23.2 Å². The minimum atomic E-state index is -4.81. The number of carbonyl (C=O) groups excluding carboxylic acids is 1. The molecule has 1 saturated heterocycles. The Morgan fingerprint density at radius 2 is 2.12 bits per heavy atom. The first-order chi connectivity index (χ1) is 16.0. The van der Waals surface area contributed by atoms with Crippen molar-refractivity contribution in [1.82, 2.24) is 14.9 Å². The summed E-state index contributed by atoms with van der Waals surface area (Å²) >= 11 is 0. The van der Waals surface area contributed by atoms with Crippen LogP contribution in [0.5, 0.6) is 0 Å². The van der Waals surface area contributed by atoms with E-state index in [-0.39, 0.29) is 24.9 Å². The summed E-state index contributed by atoms with van der Waals surface area (Å²) in [5, 5.41) is 10.0. The molecule has 3 N–H and O–H groups in total.